The van der Waals surface area contributed by atoms with Gasteiger partial charge < -0.3 is 5.32 Å². The Morgan fingerprint density at radius 3 is 2.78 bits per heavy atom. The number of nitrogens with one attached hydrogen (secondary N) is 1. The first-order valence-electron chi connectivity index (χ1n) is 8.00. The molecule has 1 heterocycles. The zero-order valence-electron chi connectivity index (χ0n) is 14.4. The summed E-state index contributed by atoms with van der Waals surface area (Å²) in [6.07, 6.45) is 0. The quantitative estimate of drug-likeness (QED) is 0.378. The van der Waals surface area contributed by atoms with Gasteiger partial charge in [0.2, 0.25) is 11.1 Å². The maximum atomic E-state index is 12.2. The van der Waals surface area contributed by atoms with Crippen LogP contribution in [-0.4, -0.2) is 36.8 Å². The lowest BCUT2D eigenvalue weighted by Crippen LogP contribution is -2.16. The number of amides is 1. The Bertz CT molecular complexity index is 960. The van der Waals surface area contributed by atoms with Crippen molar-refractivity contribution >= 4 is 29.0 Å². The molecule has 0 saturated carbocycles. The number of aryl methyl sites for hydroxylation is 1. The minimum atomic E-state index is -0.518. The van der Waals surface area contributed by atoms with Crippen molar-refractivity contribution in [2.75, 3.05) is 11.1 Å². The fraction of sp³-hybridized carbons (Fsp3) is 0.176. The smallest absolute Gasteiger partial charge is 0.293 e. The van der Waals surface area contributed by atoms with Gasteiger partial charge in [0, 0.05) is 6.07 Å². The van der Waals surface area contributed by atoms with E-state index in [1.165, 1.54) is 12.1 Å². The van der Waals surface area contributed by atoms with Crippen LogP contribution in [0.4, 0.5) is 11.4 Å². The molecule has 3 aromatic rings. The van der Waals surface area contributed by atoms with Crippen LogP contribution in [-0.2, 0) is 11.3 Å². The van der Waals surface area contributed by atoms with Crippen molar-refractivity contribution in [2.45, 2.75) is 18.6 Å². The summed E-state index contributed by atoms with van der Waals surface area (Å²) in [4.78, 5) is 22.8. The number of hydrogen-bond acceptors (Lipinski definition) is 7. The maximum Gasteiger partial charge on any atom is 0.293 e. The van der Waals surface area contributed by atoms with E-state index in [4.69, 9.17) is 0 Å². The summed E-state index contributed by atoms with van der Waals surface area (Å²) in [7, 11) is 0. The lowest BCUT2D eigenvalue weighted by molar-refractivity contribution is -0.384. The minimum Gasteiger partial charge on any atom is -0.320 e. The molecule has 0 aliphatic carbocycles. The van der Waals surface area contributed by atoms with E-state index in [2.05, 4.69) is 20.8 Å². The Labute approximate surface area is 158 Å². The normalized spacial score (nSPS) is 10.6. The third kappa shape index (κ3) is 4.88. The molecule has 0 bridgehead atoms. The van der Waals surface area contributed by atoms with Crippen molar-refractivity contribution in [1.29, 1.82) is 0 Å². The molecule has 9 nitrogen and oxygen atoms in total. The van der Waals surface area contributed by atoms with E-state index in [0.717, 1.165) is 22.9 Å². The van der Waals surface area contributed by atoms with Gasteiger partial charge in [-0.3, -0.25) is 14.9 Å². The first-order chi connectivity index (χ1) is 13.0. The Hall–Kier alpha value is -3.27. The van der Waals surface area contributed by atoms with Gasteiger partial charge in [-0.05, 0) is 34.5 Å². The third-order valence-corrected chi connectivity index (χ3v) is 4.59. The standard InChI is InChI=1S/C17H16N6O3S/c1-12-7-8-14(15(9-12)23(25)26)18-16(24)11-27-17-19-20-21-22(17)10-13-5-3-2-4-6-13/h2-9H,10-11H2,1H3,(H,18,24). The highest BCUT2D eigenvalue weighted by Gasteiger charge is 2.17. The average molecular weight is 384 g/mol. The number of aromatic nitrogens is 4. The number of nitro groups is 1. The largest absolute Gasteiger partial charge is 0.320 e. The highest BCUT2D eigenvalue weighted by atomic mass is 32.2. The highest BCUT2D eigenvalue weighted by molar-refractivity contribution is 7.99. The van der Waals surface area contributed by atoms with E-state index < -0.39 is 4.92 Å². The van der Waals surface area contributed by atoms with Crippen molar-refractivity contribution in [1.82, 2.24) is 20.2 Å². The summed E-state index contributed by atoms with van der Waals surface area (Å²) >= 11 is 1.16. The van der Waals surface area contributed by atoms with E-state index >= 15 is 0 Å². The minimum absolute atomic E-state index is 0.0280. The second-order valence-corrected chi connectivity index (χ2v) is 6.66. The molecule has 0 unspecified atom stereocenters. The molecule has 0 aliphatic heterocycles. The maximum absolute atomic E-state index is 12.2. The number of anilines is 1. The number of carbonyl (C=O) groups excluding carboxylic acids is 1. The molecule has 138 valence electrons. The van der Waals surface area contributed by atoms with Gasteiger partial charge in [-0.1, -0.05) is 48.2 Å². The number of nitro benzene ring substituents is 1. The van der Waals surface area contributed by atoms with Crippen LogP contribution >= 0.6 is 11.8 Å². The molecule has 0 radical (unpaired) electrons. The summed E-state index contributed by atoms with van der Waals surface area (Å²) in [6.45, 7) is 2.24. The van der Waals surface area contributed by atoms with Crippen LogP contribution in [0.2, 0.25) is 0 Å². The van der Waals surface area contributed by atoms with E-state index in [0.29, 0.717) is 11.7 Å². The molecule has 0 saturated heterocycles. The van der Waals surface area contributed by atoms with E-state index in [-0.39, 0.29) is 23.0 Å². The van der Waals surface area contributed by atoms with Crippen molar-refractivity contribution in [3.8, 4) is 0 Å². The molecule has 0 atom stereocenters. The van der Waals surface area contributed by atoms with Crippen LogP contribution < -0.4 is 5.32 Å². The summed E-state index contributed by atoms with van der Waals surface area (Å²) in [5, 5.41) is 25.7. The van der Waals surface area contributed by atoms with Crippen molar-refractivity contribution in [3.05, 3.63) is 69.8 Å². The molecule has 10 heteroatoms. The van der Waals surface area contributed by atoms with Crippen LogP contribution in [0, 0.1) is 17.0 Å². The monoisotopic (exact) mass is 384 g/mol. The number of tetrazole rings is 1. The lowest BCUT2D eigenvalue weighted by atomic mass is 10.2. The summed E-state index contributed by atoms with van der Waals surface area (Å²) in [5.41, 5.74) is 1.81. The van der Waals surface area contributed by atoms with Crippen molar-refractivity contribution in [3.63, 3.8) is 0 Å². The molecule has 3 rings (SSSR count). The number of rotatable bonds is 7. The molecule has 0 fully saturated rings. The van der Waals surface area contributed by atoms with Gasteiger partial charge in [0.25, 0.3) is 5.69 Å². The Kier molecular flexibility index (Phi) is 5.77. The molecular weight excluding hydrogens is 368 g/mol. The van der Waals surface area contributed by atoms with Crippen molar-refractivity contribution in [2.24, 2.45) is 0 Å². The van der Waals surface area contributed by atoms with E-state index in [1.54, 1.807) is 17.7 Å². The summed E-state index contributed by atoms with van der Waals surface area (Å²) in [6, 6.07) is 14.3. The van der Waals surface area contributed by atoms with E-state index in [1.807, 2.05) is 30.3 Å². The second kappa shape index (κ2) is 8.41. The fourth-order valence-corrected chi connectivity index (χ4v) is 3.05. The topological polar surface area (TPSA) is 116 Å². The molecule has 1 amide bonds. The second-order valence-electron chi connectivity index (χ2n) is 5.72. The van der Waals surface area contributed by atoms with Gasteiger partial charge in [0.1, 0.15) is 5.69 Å². The zero-order valence-corrected chi connectivity index (χ0v) is 15.2. The highest BCUT2D eigenvalue weighted by Crippen LogP contribution is 2.25. The molecule has 1 aromatic heterocycles. The van der Waals surface area contributed by atoms with Gasteiger partial charge in [0.05, 0.1) is 17.2 Å². The molecule has 27 heavy (non-hydrogen) atoms. The van der Waals surface area contributed by atoms with Gasteiger partial charge in [-0.15, -0.1) is 5.10 Å². The molecule has 1 N–H and O–H groups in total. The number of carbonyl (C=O) groups is 1. The molecular formula is C17H16N6O3S. The number of thioether (sulfide) groups is 1. The summed E-state index contributed by atoms with van der Waals surface area (Å²) < 4.78 is 1.60. The van der Waals surface area contributed by atoms with Crippen LogP contribution in [0.25, 0.3) is 0 Å². The van der Waals surface area contributed by atoms with Crippen LogP contribution in [0.3, 0.4) is 0 Å². The Morgan fingerprint density at radius 2 is 2.04 bits per heavy atom. The van der Waals surface area contributed by atoms with Crippen LogP contribution in [0.5, 0.6) is 0 Å². The SMILES string of the molecule is Cc1ccc(NC(=O)CSc2nnnn2Cc2ccccc2)c([N+](=O)[O-])c1. The van der Waals surface area contributed by atoms with E-state index in [9.17, 15) is 14.9 Å². The first-order valence-corrected chi connectivity index (χ1v) is 8.99. The Balaban J connectivity index is 1.62. The predicted octanol–water partition coefficient (Wildman–Crippen LogP) is 2.67. The number of hydrogen-bond donors (Lipinski definition) is 1. The fourth-order valence-electron chi connectivity index (χ4n) is 2.37. The molecule has 2 aromatic carbocycles. The van der Waals surface area contributed by atoms with Crippen LogP contribution in [0.1, 0.15) is 11.1 Å². The van der Waals surface area contributed by atoms with Gasteiger partial charge in [-0.25, -0.2) is 4.68 Å². The lowest BCUT2D eigenvalue weighted by Gasteiger charge is -2.07. The first kappa shape index (κ1) is 18.5. The Morgan fingerprint density at radius 1 is 1.26 bits per heavy atom. The number of nitrogens with zero attached hydrogens (tertiary/aromatic N) is 5. The summed E-state index contributed by atoms with van der Waals surface area (Å²) in [5.74, 6) is -0.346. The van der Waals surface area contributed by atoms with Crippen LogP contribution in [0.15, 0.2) is 53.7 Å². The zero-order chi connectivity index (χ0) is 19.2. The van der Waals surface area contributed by atoms with Gasteiger partial charge in [-0.2, -0.15) is 0 Å². The number of benzene rings is 2. The average Bonchev–Trinajstić information content (AvgIpc) is 3.09. The molecule has 0 aliphatic rings. The predicted molar refractivity (Wildman–Crippen MR) is 101 cm³/mol. The van der Waals surface area contributed by atoms with Crippen molar-refractivity contribution < 1.29 is 9.72 Å². The molecule has 0 spiro atoms. The van der Waals surface area contributed by atoms with Gasteiger partial charge in [0.15, 0.2) is 0 Å². The van der Waals surface area contributed by atoms with Gasteiger partial charge >= 0.3 is 0 Å². The third-order valence-electron chi connectivity index (χ3n) is 3.63.